The van der Waals surface area contributed by atoms with Crippen LogP contribution in [0.3, 0.4) is 0 Å². The van der Waals surface area contributed by atoms with E-state index in [1.54, 1.807) is 12.1 Å². The summed E-state index contributed by atoms with van der Waals surface area (Å²) in [6, 6.07) is 37.2. The van der Waals surface area contributed by atoms with Crippen LogP contribution in [0.2, 0.25) is 0 Å². The molecular weight excluding hydrogens is 432 g/mol. The lowest BCUT2D eigenvalue weighted by Crippen LogP contribution is -2.07. The average molecular weight is 458 g/mol. The van der Waals surface area contributed by atoms with Crippen molar-refractivity contribution < 1.29 is 13.9 Å². The minimum absolute atomic E-state index is 0.375. The van der Waals surface area contributed by atoms with Gasteiger partial charge in [0.2, 0.25) is 0 Å². The number of rotatable bonds is 5. The van der Waals surface area contributed by atoms with Crippen molar-refractivity contribution in [3.05, 3.63) is 132 Å². The Morgan fingerprint density at radius 3 is 1.57 bits per heavy atom. The van der Waals surface area contributed by atoms with Crippen LogP contribution in [0.1, 0.15) is 21.5 Å². The molecule has 0 aliphatic rings. The quantitative estimate of drug-likeness (QED) is 0.151. The number of hydrogen-bond donors (Lipinski definition) is 0. The molecule has 35 heavy (non-hydrogen) atoms. The van der Waals surface area contributed by atoms with E-state index in [0.717, 1.165) is 33.8 Å². The van der Waals surface area contributed by atoms with Gasteiger partial charge < -0.3 is 4.74 Å². The first-order valence-corrected chi connectivity index (χ1v) is 11.6. The highest BCUT2D eigenvalue weighted by Crippen LogP contribution is 2.34. The lowest BCUT2D eigenvalue weighted by Gasteiger charge is -2.06. The second-order valence-electron chi connectivity index (χ2n) is 8.59. The number of hydrogen-bond acceptors (Lipinski definition) is 2. The SMILES string of the molecule is Cc1ccc(-c2cc(-c3ccc(OC(=O)c4ccccc4)cc3)cc(-c3ccc(C)cc3)[o+]2)cc1. The van der Waals surface area contributed by atoms with Crippen molar-refractivity contribution in [2.24, 2.45) is 0 Å². The van der Waals surface area contributed by atoms with Gasteiger partial charge in [-0.15, -0.1) is 0 Å². The van der Waals surface area contributed by atoms with E-state index in [1.807, 2.05) is 54.6 Å². The van der Waals surface area contributed by atoms with Gasteiger partial charge in [-0.1, -0.05) is 65.7 Å². The highest BCUT2D eigenvalue weighted by atomic mass is 16.5. The Hall–Kier alpha value is -4.50. The molecule has 0 amide bonds. The molecule has 3 heteroatoms. The van der Waals surface area contributed by atoms with Crippen LogP contribution in [0.15, 0.2) is 120 Å². The topological polar surface area (TPSA) is 37.6 Å². The maximum Gasteiger partial charge on any atom is 0.361 e. The van der Waals surface area contributed by atoms with Crippen LogP contribution in [-0.4, -0.2) is 5.97 Å². The molecule has 3 nitrogen and oxygen atoms in total. The van der Waals surface area contributed by atoms with Crippen LogP contribution in [-0.2, 0) is 0 Å². The van der Waals surface area contributed by atoms with Crippen LogP contribution >= 0.6 is 0 Å². The second-order valence-corrected chi connectivity index (χ2v) is 8.59. The zero-order valence-corrected chi connectivity index (χ0v) is 19.7. The van der Waals surface area contributed by atoms with E-state index < -0.39 is 0 Å². The molecule has 0 fully saturated rings. The zero-order chi connectivity index (χ0) is 24.2. The third-order valence-corrected chi connectivity index (χ3v) is 5.87. The fraction of sp³-hybridized carbons (Fsp3) is 0.0625. The monoisotopic (exact) mass is 457 g/mol. The molecule has 170 valence electrons. The van der Waals surface area contributed by atoms with Gasteiger partial charge in [-0.3, -0.25) is 0 Å². The Morgan fingerprint density at radius 2 is 1.06 bits per heavy atom. The van der Waals surface area contributed by atoms with E-state index in [-0.39, 0.29) is 5.97 Å². The van der Waals surface area contributed by atoms with Gasteiger partial charge in [0.05, 0.1) is 28.8 Å². The highest BCUT2D eigenvalue weighted by molar-refractivity contribution is 5.91. The molecule has 1 aromatic heterocycles. The van der Waals surface area contributed by atoms with Gasteiger partial charge in [-0.25, -0.2) is 9.21 Å². The maximum atomic E-state index is 12.4. The average Bonchev–Trinajstić information content (AvgIpc) is 2.90. The molecule has 0 aliphatic heterocycles. The molecule has 0 aliphatic carbocycles. The highest BCUT2D eigenvalue weighted by Gasteiger charge is 2.21. The first-order valence-electron chi connectivity index (χ1n) is 11.6. The number of benzene rings is 4. The van der Waals surface area contributed by atoms with Crippen LogP contribution in [0.4, 0.5) is 0 Å². The molecule has 0 atom stereocenters. The van der Waals surface area contributed by atoms with E-state index in [2.05, 4.69) is 62.4 Å². The van der Waals surface area contributed by atoms with Gasteiger partial charge in [0.25, 0.3) is 0 Å². The molecule has 4 aromatic carbocycles. The summed E-state index contributed by atoms with van der Waals surface area (Å²) in [5.41, 5.74) is 6.96. The predicted molar refractivity (Wildman–Crippen MR) is 140 cm³/mol. The lowest BCUT2D eigenvalue weighted by molar-refractivity contribution is 0.0735. The van der Waals surface area contributed by atoms with E-state index >= 15 is 0 Å². The summed E-state index contributed by atoms with van der Waals surface area (Å²) in [4.78, 5) is 12.4. The third kappa shape index (κ3) is 5.20. The minimum Gasteiger partial charge on any atom is -0.423 e. The Morgan fingerprint density at radius 1 is 0.571 bits per heavy atom. The molecule has 0 radical (unpaired) electrons. The van der Waals surface area contributed by atoms with Crippen molar-refractivity contribution in [2.45, 2.75) is 13.8 Å². The standard InChI is InChI=1S/C32H25O3/c1-22-8-12-25(13-9-22)30-20-28(21-31(35-30)26-14-10-23(2)11-15-26)24-16-18-29(19-17-24)34-32(33)27-6-4-3-5-7-27/h3-21H,1-2H3/q+1. The van der Waals surface area contributed by atoms with Crippen LogP contribution in [0.25, 0.3) is 33.8 Å². The Labute approximate surface area is 205 Å². The molecule has 0 spiro atoms. The summed E-state index contributed by atoms with van der Waals surface area (Å²) in [5, 5.41) is 0. The van der Waals surface area contributed by atoms with E-state index in [9.17, 15) is 4.79 Å². The summed E-state index contributed by atoms with van der Waals surface area (Å²) >= 11 is 0. The van der Waals surface area contributed by atoms with Crippen LogP contribution in [0.5, 0.6) is 5.75 Å². The number of ether oxygens (including phenoxy) is 1. The van der Waals surface area contributed by atoms with Crippen LogP contribution < -0.4 is 4.74 Å². The minimum atomic E-state index is -0.375. The summed E-state index contributed by atoms with van der Waals surface area (Å²) in [7, 11) is 0. The molecule has 0 unspecified atom stereocenters. The number of carbonyl (C=O) groups excluding carboxylic acids is 1. The van der Waals surface area contributed by atoms with E-state index in [0.29, 0.717) is 11.3 Å². The van der Waals surface area contributed by atoms with Gasteiger partial charge in [-0.05, 0) is 67.9 Å². The summed E-state index contributed by atoms with van der Waals surface area (Å²) in [5.74, 6) is 1.70. The lowest BCUT2D eigenvalue weighted by atomic mass is 10.0. The molecule has 0 bridgehead atoms. The van der Waals surface area contributed by atoms with Crippen molar-refractivity contribution in [2.75, 3.05) is 0 Å². The van der Waals surface area contributed by atoms with E-state index in [1.165, 1.54) is 11.1 Å². The van der Waals surface area contributed by atoms with Gasteiger partial charge in [0.1, 0.15) is 5.75 Å². The molecule has 5 aromatic rings. The molecule has 0 saturated carbocycles. The molecule has 1 heterocycles. The summed E-state index contributed by atoms with van der Waals surface area (Å²) in [6.07, 6.45) is 0. The van der Waals surface area contributed by atoms with Crippen molar-refractivity contribution in [1.29, 1.82) is 0 Å². The maximum absolute atomic E-state index is 12.4. The van der Waals surface area contributed by atoms with E-state index in [4.69, 9.17) is 9.15 Å². The molecule has 0 N–H and O–H groups in total. The largest absolute Gasteiger partial charge is 0.423 e. The van der Waals surface area contributed by atoms with Gasteiger partial charge in [0.15, 0.2) is 0 Å². The van der Waals surface area contributed by atoms with Gasteiger partial charge in [-0.2, -0.15) is 0 Å². The summed E-state index contributed by atoms with van der Waals surface area (Å²) < 4.78 is 11.9. The Kier molecular flexibility index (Phi) is 6.23. The first kappa shape index (κ1) is 22.3. The Bertz CT molecular complexity index is 1390. The molecule has 5 rings (SSSR count). The second kappa shape index (κ2) is 9.78. The van der Waals surface area contributed by atoms with Gasteiger partial charge in [0, 0.05) is 5.56 Å². The van der Waals surface area contributed by atoms with Crippen molar-refractivity contribution in [1.82, 2.24) is 0 Å². The van der Waals surface area contributed by atoms with Crippen molar-refractivity contribution >= 4 is 5.97 Å². The first-order chi connectivity index (χ1) is 17.0. The van der Waals surface area contributed by atoms with Crippen molar-refractivity contribution in [3.63, 3.8) is 0 Å². The smallest absolute Gasteiger partial charge is 0.361 e. The number of esters is 1. The normalized spacial score (nSPS) is 10.7. The van der Waals surface area contributed by atoms with Crippen LogP contribution in [0, 0.1) is 13.8 Å². The molecule has 0 saturated heterocycles. The van der Waals surface area contributed by atoms with Gasteiger partial charge >= 0.3 is 17.5 Å². The zero-order valence-electron chi connectivity index (χ0n) is 19.7. The summed E-state index contributed by atoms with van der Waals surface area (Å²) in [6.45, 7) is 4.14. The Balaban J connectivity index is 1.50. The fourth-order valence-electron chi connectivity index (χ4n) is 3.84. The number of carbonyl (C=O) groups is 1. The fourth-order valence-corrected chi connectivity index (χ4v) is 3.84. The molecular formula is C32H25O3+. The van der Waals surface area contributed by atoms with Crippen molar-refractivity contribution in [3.8, 4) is 39.5 Å². The predicted octanol–water partition coefficient (Wildman–Crippen LogP) is 8.40. The third-order valence-electron chi connectivity index (χ3n) is 5.87. The number of aryl methyl sites for hydroxylation is 2.